The molecule has 2 saturated carbocycles. The van der Waals surface area contributed by atoms with Crippen LogP contribution in [0.2, 0.25) is 0 Å². The maximum absolute atomic E-state index is 11.7. The fourth-order valence-electron chi connectivity index (χ4n) is 3.44. The van der Waals surface area contributed by atoms with Gasteiger partial charge in [-0.05, 0) is 36.8 Å². The summed E-state index contributed by atoms with van der Waals surface area (Å²) >= 11 is 0. The third-order valence-corrected chi connectivity index (χ3v) is 5.05. The number of benzene rings is 1. The van der Waals surface area contributed by atoms with Gasteiger partial charge < -0.3 is 10.2 Å². The van der Waals surface area contributed by atoms with E-state index in [-0.39, 0.29) is 12.0 Å². The minimum Gasteiger partial charge on any atom is -0.481 e. The number of carboxylic acids is 1. The summed E-state index contributed by atoms with van der Waals surface area (Å²) in [5.74, 6) is -0.698. The van der Waals surface area contributed by atoms with Crippen molar-refractivity contribution in [3.05, 3.63) is 35.4 Å². The lowest BCUT2D eigenvalue weighted by Gasteiger charge is -2.26. The summed E-state index contributed by atoms with van der Waals surface area (Å²) in [6.07, 6.45) is 5.46. The Hall–Kier alpha value is -1.35. The zero-order chi connectivity index (χ0) is 13.5. The third kappa shape index (κ3) is 1.88. The molecular formula is C16H20O3. The molecule has 0 heterocycles. The van der Waals surface area contributed by atoms with Gasteiger partial charge in [-0.3, -0.25) is 4.79 Å². The van der Waals surface area contributed by atoms with Crippen molar-refractivity contribution in [3.8, 4) is 0 Å². The fraction of sp³-hybridized carbons (Fsp3) is 0.562. The molecule has 0 atom stereocenters. The first-order valence-electron chi connectivity index (χ1n) is 7.08. The van der Waals surface area contributed by atoms with Gasteiger partial charge in [0.25, 0.3) is 0 Å². The van der Waals surface area contributed by atoms with Crippen molar-refractivity contribution in [1.29, 1.82) is 0 Å². The number of carbonyl (C=O) groups is 1. The summed E-state index contributed by atoms with van der Waals surface area (Å²) in [6.45, 7) is 0.163. The molecule has 19 heavy (non-hydrogen) atoms. The third-order valence-electron chi connectivity index (χ3n) is 5.05. The van der Waals surface area contributed by atoms with E-state index in [0.717, 1.165) is 49.7 Å². The largest absolute Gasteiger partial charge is 0.481 e. The van der Waals surface area contributed by atoms with Gasteiger partial charge in [0, 0.05) is 5.41 Å². The first-order valence-corrected chi connectivity index (χ1v) is 7.08. The van der Waals surface area contributed by atoms with Crippen LogP contribution >= 0.6 is 0 Å². The Labute approximate surface area is 113 Å². The van der Waals surface area contributed by atoms with Crippen LogP contribution in [0.15, 0.2) is 24.3 Å². The lowest BCUT2D eigenvalue weighted by atomic mass is 9.77. The van der Waals surface area contributed by atoms with Gasteiger partial charge in [0.15, 0.2) is 0 Å². The lowest BCUT2D eigenvalue weighted by molar-refractivity contribution is -0.143. The molecule has 0 aromatic heterocycles. The van der Waals surface area contributed by atoms with Gasteiger partial charge in [-0.2, -0.15) is 0 Å². The maximum Gasteiger partial charge on any atom is 0.314 e. The molecule has 2 aliphatic carbocycles. The second-order valence-corrected chi connectivity index (χ2v) is 6.11. The van der Waals surface area contributed by atoms with Crippen molar-refractivity contribution in [1.82, 2.24) is 0 Å². The summed E-state index contributed by atoms with van der Waals surface area (Å²) in [5, 5.41) is 19.2. The van der Waals surface area contributed by atoms with E-state index in [9.17, 15) is 15.0 Å². The standard InChI is InChI=1S/C16H20O3/c17-11-15(8-9-15)12-4-3-5-13(10-12)16(14(18)19)6-1-2-7-16/h3-5,10,17H,1-2,6-9,11H2,(H,18,19). The smallest absolute Gasteiger partial charge is 0.314 e. The molecule has 3 rings (SSSR count). The highest BCUT2D eigenvalue weighted by Gasteiger charge is 2.46. The first-order chi connectivity index (χ1) is 9.13. The van der Waals surface area contributed by atoms with E-state index >= 15 is 0 Å². The molecule has 102 valence electrons. The molecule has 1 aromatic carbocycles. The van der Waals surface area contributed by atoms with Crippen molar-refractivity contribution in [2.45, 2.75) is 49.4 Å². The normalized spacial score (nSPS) is 23.2. The fourth-order valence-corrected chi connectivity index (χ4v) is 3.44. The topological polar surface area (TPSA) is 57.5 Å². The average molecular weight is 260 g/mol. The molecule has 0 saturated heterocycles. The van der Waals surface area contributed by atoms with E-state index in [1.807, 2.05) is 24.3 Å². The van der Waals surface area contributed by atoms with Gasteiger partial charge in [0.1, 0.15) is 0 Å². The first kappa shape index (κ1) is 12.7. The molecule has 3 nitrogen and oxygen atoms in total. The van der Waals surface area contributed by atoms with Crippen molar-refractivity contribution in [2.24, 2.45) is 0 Å². The van der Waals surface area contributed by atoms with Crippen molar-refractivity contribution in [3.63, 3.8) is 0 Å². The molecular weight excluding hydrogens is 240 g/mol. The summed E-state index contributed by atoms with van der Waals surface area (Å²) in [4.78, 5) is 11.7. The summed E-state index contributed by atoms with van der Waals surface area (Å²) < 4.78 is 0. The predicted molar refractivity (Wildman–Crippen MR) is 72.2 cm³/mol. The molecule has 1 aromatic rings. The minimum atomic E-state index is -0.698. The quantitative estimate of drug-likeness (QED) is 0.875. The Bertz CT molecular complexity index is 496. The highest BCUT2D eigenvalue weighted by molar-refractivity contribution is 5.82. The van der Waals surface area contributed by atoms with Gasteiger partial charge in [0.2, 0.25) is 0 Å². The van der Waals surface area contributed by atoms with Gasteiger partial charge in [-0.25, -0.2) is 0 Å². The Balaban J connectivity index is 2.01. The van der Waals surface area contributed by atoms with Gasteiger partial charge in [0.05, 0.1) is 12.0 Å². The van der Waals surface area contributed by atoms with Gasteiger partial charge >= 0.3 is 5.97 Å². The molecule has 0 amide bonds. The number of carboxylic acid groups (broad SMARTS) is 1. The van der Waals surface area contributed by atoms with Crippen LogP contribution in [0, 0.1) is 0 Å². The Kier molecular flexibility index (Phi) is 2.90. The van der Waals surface area contributed by atoms with E-state index in [1.165, 1.54) is 0 Å². The Morgan fingerprint density at radius 3 is 2.26 bits per heavy atom. The second kappa shape index (κ2) is 4.34. The maximum atomic E-state index is 11.7. The van der Waals surface area contributed by atoms with Crippen LogP contribution in [0.25, 0.3) is 0 Å². The molecule has 2 aliphatic rings. The van der Waals surface area contributed by atoms with Gasteiger partial charge in [-0.1, -0.05) is 37.1 Å². The van der Waals surface area contributed by atoms with Crippen molar-refractivity contribution < 1.29 is 15.0 Å². The van der Waals surface area contributed by atoms with Crippen LogP contribution in [-0.2, 0) is 15.6 Å². The van der Waals surface area contributed by atoms with Crippen LogP contribution in [0.1, 0.15) is 49.7 Å². The average Bonchev–Trinajstić information content (AvgIpc) is 3.07. The summed E-state index contributed by atoms with van der Waals surface area (Å²) in [5.41, 5.74) is 1.25. The number of hydrogen-bond acceptors (Lipinski definition) is 2. The molecule has 0 bridgehead atoms. The van der Waals surface area contributed by atoms with E-state index in [1.54, 1.807) is 0 Å². The van der Waals surface area contributed by atoms with Crippen LogP contribution in [0.4, 0.5) is 0 Å². The predicted octanol–water partition coefficient (Wildman–Crippen LogP) is 2.61. The monoisotopic (exact) mass is 260 g/mol. The summed E-state index contributed by atoms with van der Waals surface area (Å²) in [6, 6.07) is 7.94. The number of aliphatic hydroxyl groups is 1. The molecule has 0 radical (unpaired) electrons. The van der Waals surface area contributed by atoms with Crippen molar-refractivity contribution >= 4 is 5.97 Å². The van der Waals surface area contributed by atoms with E-state index in [2.05, 4.69) is 0 Å². The molecule has 3 heteroatoms. The molecule has 0 aliphatic heterocycles. The van der Waals surface area contributed by atoms with E-state index in [0.29, 0.717) is 0 Å². The van der Waals surface area contributed by atoms with E-state index < -0.39 is 11.4 Å². The summed E-state index contributed by atoms with van der Waals surface area (Å²) in [7, 11) is 0. The lowest BCUT2D eigenvalue weighted by Crippen LogP contribution is -2.32. The zero-order valence-corrected chi connectivity index (χ0v) is 11.1. The highest BCUT2D eigenvalue weighted by Crippen LogP contribution is 2.49. The SMILES string of the molecule is O=C(O)C1(c2cccc(C3(CO)CC3)c2)CCCC1. The number of aliphatic hydroxyl groups excluding tert-OH is 1. The van der Waals surface area contributed by atoms with Crippen molar-refractivity contribution in [2.75, 3.05) is 6.61 Å². The molecule has 2 fully saturated rings. The number of aliphatic carboxylic acids is 1. The zero-order valence-electron chi connectivity index (χ0n) is 11.1. The van der Waals surface area contributed by atoms with Crippen LogP contribution in [0.5, 0.6) is 0 Å². The molecule has 2 N–H and O–H groups in total. The highest BCUT2D eigenvalue weighted by atomic mass is 16.4. The molecule has 0 spiro atoms. The van der Waals surface area contributed by atoms with Crippen LogP contribution in [-0.4, -0.2) is 22.8 Å². The van der Waals surface area contributed by atoms with Gasteiger partial charge in [-0.15, -0.1) is 0 Å². The van der Waals surface area contributed by atoms with Crippen LogP contribution < -0.4 is 0 Å². The van der Waals surface area contributed by atoms with E-state index in [4.69, 9.17) is 0 Å². The second-order valence-electron chi connectivity index (χ2n) is 6.11. The number of hydrogen-bond donors (Lipinski definition) is 2. The Morgan fingerprint density at radius 2 is 1.74 bits per heavy atom. The molecule has 0 unspecified atom stereocenters. The minimum absolute atomic E-state index is 0.0890. The number of rotatable bonds is 4. The van der Waals surface area contributed by atoms with Crippen LogP contribution in [0.3, 0.4) is 0 Å². The Morgan fingerprint density at radius 1 is 1.11 bits per heavy atom.